The molecule has 0 aliphatic carbocycles. The van der Waals surface area contributed by atoms with Crippen molar-refractivity contribution >= 4 is 33.5 Å². The van der Waals surface area contributed by atoms with Crippen LogP contribution >= 0.6 is 15.9 Å². The van der Waals surface area contributed by atoms with E-state index in [0.29, 0.717) is 16.1 Å². The van der Waals surface area contributed by atoms with E-state index in [1.807, 2.05) is 0 Å². The monoisotopic (exact) mass is 302 g/mol. The van der Waals surface area contributed by atoms with E-state index in [2.05, 4.69) is 36.6 Å². The second kappa shape index (κ2) is 5.78. The van der Waals surface area contributed by atoms with E-state index in [4.69, 9.17) is 5.84 Å². The molecule has 0 aromatic carbocycles. The zero-order valence-corrected chi connectivity index (χ0v) is 11.4. The van der Waals surface area contributed by atoms with E-state index in [-0.39, 0.29) is 11.9 Å². The zero-order chi connectivity index (χ0) is 13.0. The van der Waals surface area contributed by atoms with Crippen LogP contribution in [-0.4, -0.2) is 40.9 Å². The van der Waals surface area contributed by atoms with E-state index in [1.165, 1.54) is 11.2 Å². The molecule has 1 unspecified atom stereocenters. The first-order chi connectivity index (χ1) is 7.97. The predicted octanol–water partition coefficient (Wildman–Crippen LogP) is 0.413. The summed E-state index contributed by atoms with van der Waals surface area (Å²) in [6.07, 6.45) is 1.36. The van der Waals surface area contributed by atoms with Crippen molar-refractivity contribution in [3.8, 4) is 0 Å². The smallest absolute Gasteiger partial charge is 0.244 e. The molecule has 0 fully saturated rings. The van der Waals surface area contributed by atoms with Gasteiger partial charge in [0.15, 0.2) is 5.82 Å². The molecule has 1 aromatic heterocycles. The number of rotatable bonds is 4. The van der Waals surface area contributed by atoms with E-state index in [9.17, 15) is 4.79 Å². The van der Waals surface area contributed by atoms with E-state index in [0.717, 1.165) is 0 Å². The van der Waals surface area contributed by atoms with E-state index in [1.54, 1.807) is 21.0 Å². The standard InChI is InChI=1S/C9H15BrN6O/c1-5(9(17)16(2)3)14-7-6(10)8(15-11)13-4-12-7/h4-5H,11H2,1-3H3,(H2,12,13,14,15). The number of nitrogens with one attached hydrogen (secondary N) is 2. The lowest BCUT2D eigenvalue weighted by atomic mass is 10.3. The molecule has 1 heterocycles. The van der Waals surface area contributed by atoms with E-state index >= 15 is 0 Å². The zero-order valence-electron chi connectivity index (χ0n) is 9.86. The maximum absolute atomic E-state index is 11.7. The summed E-state index contributed by atoms with van der Waals surface area (Å²) in [4.78, 5) is 21.1. The fraction of sp³-hybridized carbons (Fsp3) is 0.444. The molecule has 1 amide bonds. The minimum Gasteiger partial charge on any atom is -0.358 e. The Morgan fingerprint density at radius 1 is 1.47 bits per heavy atom. The van der Waals surface area contributed by atoms with Gasteiger partial charge in [-0.3, -0.25) is 4.79 Å². The molecular weight excluding hydrogens is 288 g/mol. The number of nitrogens with zero attached hydrogens (tertiary/aromatic N) is 3. The lowest BCUT2D eigenvalue weighted by Crippen LogP contribution is -2.37. The molecule has 0 aliphatic rings. The van der Waals surface area contributed by atoms with Crippen molar-refractivity contribution in [1.29, 1.82) is 0 Å². The minimum absolute atomic E-state index is 0.0437. The third kappa shape index (κ3) is 3.27. The van der Waals surface area contributed by atoms with Crippen LogP contribution in [0.2, 0.25) is 0 Å². The summed E-state index contributed by atoms with van der Waals surface area (Å²) >= 11 is 3.30. The second-order valence-corrected chi connectivity index (χ2v) is 4.42. The Labute approximate surface area is 108 Å². The number of hydrazine groups is 1. The summed E-state index contributed by atoms with van der Waals surface area (Å²) < 4.78 is 0.584. The molecule has 0 spiro atoms. The first-order valence-corrected chi connectivity index (χ1v) is 5.71. The number of nitrogen functional groups attached to an aromatic ring is 1. The van der Waals surface area contributed by atoms with Crippen LogP contribution in [0.5, 0.6) is 0 Å². The molecule has 0 saturated heterocycles. The predicted molar refractivity (Wildman–Crippen MR) is 69.3 cm³/mol. The molecule has 1 atom stereocenters. The average Bonchev–Trinajstić information content (AvgIpc) is 2.30. The highest BCUT2D eigenvalue weighted by Gasteiger charge is 2.17. The molecule has 0 radical (unpaired) electrons. The number of nitrogens with two attached hydrogens (primary N) is 1. The summed E-state index contributed by atoms with van der Waals surface area (Å²) in [6, 6.07) is -0.387. The van der Waals surface area contributed by atoms with Crippen LogP contribution in [0.1, 0.15) is 6.92 Å². The van der Waals surface area contributed by atoms with Crippen LogP contribution < -0.4 is 16.6 Å². The maximum Gasteiger partial charge on any atom is 0.244 e. The van der Waals surface area contributed by atoms with Crippen LogP contribution in [0.25, 0.3) is 0 Å². The molecular formula is C9H15BrN6O. The number of aromatic nitrogens is 2. The Balaban J connectivity index is 2.85. The van der Waals surface area contributed by atoms with Crippen molar-refractivity contribution in [3.63, 3.8) is 0 Å². The van der Waals surface area contributed by atoms with Gasteiger partial charge < -0.3 is 15.6 Å². The van der Waals surface area contributed by atoms with Crippen molar-refractivity contribution in [3.05, 3.63) is 10.8 Å². The normalized spacial score (nSPS) is 11.8. The fourth-order valence-electron chi connectivity index (χ4n) is 1.23. The van der Waals surface area contributed by atoms with Crippen molar-refractivity contribution in [1.82, 2.24) is 14.9 Å². The summed E-state index contributed by atoms with van der Waals surface area (Å²) in [5.74, 6) is 6.20. The van der Waals surface area contributed by atoms with Crippen LogP contribution in [0, 0.1) is 0 Å². The van der Waals surface area contributed by atoms with Gasteiger partial charge in [0.2, 0.25) is 5.91 Å². The molecule has 1 rings (SSSR count). The lowest BCUT2D eigenvalue weighted by Gasteiger charge is -2.19. The molecule has 0 bridgehead atoms. The quantitative estimate of drug-likeness (QED) is 0.551. The van der Waals surface area contributed by atoms with Gasteiger partial charge in [-0.05, 0) is 22.9 Å². The molecule has 94 valence electrons. The Kier molecular flexibility index (Phi) is 4.64. The molecule has 8 heteroatoms. The number of hydrogen-bond acceptors (Lipinski definition) is 6. The van der Waals surface area contributed by atoms with Crippen LogP contribution in [0.4, 0.5) is 11.6 Å². The van der Waals surface area contributed by atoms with Gasteiger partial charge in [0.05, 0.1) is 0 Å². The summed E-state index contributed by atoms with van der Waals surface area (Å²) in [5, 5.41) is 2.98. The minimum atomic E-state index is -0.387. The highest BCUT2D eigenvalue weighted by Crippen LogP contribution is 2.26. The summed E-state index contributed by atoms with van der Waals surface area (Å²) in [7, 11) is 3.39. The number of carbonyl (C=O) groups is 1. The number of amides is 1. The topological polar surface area (TPSA) is 96.2 Å². The van der Waals surface area contributed by atoms with Crippen molar-refractivity contribution in [2.75, 3.05) is 24.8 Å². The maximum atomic E-state index is 11.7. The van der Waals surface area contributed by atoms with Crippen molar-refractivity contribution < 1.29 is 4.79 Å². The largest absolute Gasteiger partial charge is 0.358 e. The van der Waals surface area contributed by atoms with Crippen LogP contribution in [-0.2, 0) is 4.79 Å². The SMILES string of the molecule is CC(Nc1ncnc(NN)c1Br)C(=O)N(C)C. The third-order valence-corrected chi connectivity index (χ3v) is 2.84. The first kappa shape index (κ1) is 13.7. The number of halogens is 1. The van der Waals surface area contributed by atoms with Gasteiger partial charge in [0, 0.05) is 14.1 Å². The van der Waals surface area contributed by atoms with E-state index < -0.39 is 0 Å². The molecule has 17 heavy (non-hydrogen) atoms. The summed E-state index contributed by atoms with van der Waals surface area (Å²) in [6.45, 7) is 1.76. The Morgan fingerprint density at radius 2 is 2.06 bits per heavy atom. The van der Waals surface area contributed by atoms with Gasteiger partial charge in [-0.1, -0.05) is 0 Å². The first-order valence-electron chi connectivity index (χ1n) is 4.92. The van der Waals surface area contributed by atoms with Crippen molar-refractivity contribution in [2.45, 2.75) is 13.0 Å². The molecule has 0 saturated carbocycles. The number of hydrogen-bond donors (Lipinski definition) is 3. The van der Waals surface area contributed by atoms with Crippen LogP contribution in [0.3, 0.4) is 0 Å². The molecule has 7 nitrogen and oxygen atoms in total. The Hall–Kier alpha value is -1.41. The molecule has 4 N–H and O–H groups in total. The number of anilines is 2. The highest BCUT2D eigenvalue weighted by molar-refractivity contribution is 9.10. The number of carbonyl (C=O) groups excluding carboxylic acids is 1. The molecule has 1 aromatic rings. The lowest BCUT2D eigenvalue weighted by molar-refractivity contribution is -0.129. The summed E-state index contributed by atoms with van der Waals surface area (Å²) in [5.41, 5.74) is 2.43. The van der Waals surface area contributed by atoms with Gasteiger partial charge in [-0.25, -0.2) is 15.8 Å². The second-order valence-electron chi connectivity index (χ2n) is 3.63. The van der Waals surface area contributed by atoms with Crippen molar-refractivity contribution in [2.24, 2.45) is 5.84 Å². The highest BCUT2D eigenvalue weighted by atomic mass is 79.9. The average molecular weight is 303 g/mol. The number of likely N-dealkylation sites (N-methyl/N-ethyl adjacent to an activating group) is 1. The van der Waals surface area contributed by atoms with Gasteiger partial charge in [0.25, 0.3) is 0 Å². The van der Waals surface area contributed by atoms with Gasteiger partial charge in [-0.15, -0.1) is 0 Å². The fourth-order valence-corrected chi connectivity index (χ4v) is 1.66. The van der Waals surface area contributed by atoms with Crippen LogP contribution in [0.15, 0.2) is 10.8 Å². The Morgan fingerprint density at radius 3 is 2.59 bits per heavy atom. The molecule has 0 aliphatic heterocycles. The van der Waals surface area contributed by atoms with Gasteiger partial charge >= 0.3 is 0 Å². The van der Waals surface area contributed by atoms with Gasteiger partial charge in [0.1, 0.15) is 22.7 Å². The van der Waals surface area contributed by atoms with Gasteiger partial charge in [-0.2, -0.15) is 0 Å². The third-order valence-electron chi connectivity index (χ3n) is 2.09. The Bertz CT molecular complexity index is 410.